The van der Waals surface area contributed by atoms with E-state index in [2.05, 4.69) is 10.3 Å². The zero-order chi connectivity index (χ0) is 18.6. The molecule has 7 heteroatoms. The van der Waals surface area contributed by atoms with Crippen molar-refractivity contribution in [3.05, 3.63) is 59.8 Å². The summed E-state index contributed by atoms with van der Waals surface area (Å²) < 4.78 is 5.33. The largest absolute Gasteiger partial charge is 0.378 e. The fourth-order valence-electron chi connectivity index (χ4n) is 2.89. The minimum absolute atomic E-state index is 0.0467. The fourth-order valence-corrected chi connectivity index (χ4v) is 3.86. The zero-order valence-electron chi connectivity index (χ0n) is 15.0. The summed E-state index contributed by atoms with van der Waals surface area (Å²) in [6.45, 7) is 4.32. The second kappa shape index (κ2) is 7.94. The molecule has 1 saturated heterocycles. The van der Waals surface area contributed by atoms with Crippen LogP contribution in [0.15, 0.2) is 58.6 Å². The summed E-state index contributed by atoms with van der Waals surface area (Å²) >= 11 is 1.47. The number of rotatable bonds is 2. The molecule has 0 saturated carbocycles. The first-order valence-corrected chi connectivity index (χ1v) is 9.66. The van der Waals surface area contributed by atoms with Crippen molar-refractivity contribution in [3.63, 3.8) is 0 Å². The number of morpholine rings is 1. The number of carbonyl (C=O) groups excluding carboxylic acids is 1. The lowest BCUT2D eigenvalue weighted by Crippen LogP contribution is -2.39. The number of fused-ring (bicyclic) bond motifs is 1. The summed E-state index contributed by atoms with van der Waals surface area (Å²) in [6.07, 6.45) is 1.60. The number of amides is 1. The number of nitrogens with zero attached hydrogens (tertiary/aromatic N) is 3. The minimum atomic E-state index is -0.0467. The van der Waals surface area contributed by atoms with Gasteiger partial charge in [0.15, 0.2) is 5.17 Å². The average Bonchev–Trinajstić information content (AvgIpc) is 2.69. The number of benzene rings is 1. The van der Waals surface area contributed by atoms with Crippen molar-refractivity contribution in [2.24, 2.45) is 4.99 Å². The zero-order valence-corrected chi connectivity index (χ0v) is 15.8. The van der Waals surface area contributed by atoms with Crippen LogP contribution in [0.2, 0.25) is 0 Å². The molecule has 0 aliphatic carbocycles. The topological polar surface area (TPSA) is 66.8 Å². The number of carbonyl (C=O) groups is 1. The average molecular weight is 380 g/mol. The van der Waals surface area contributed by atoms with E-state index in [-0.39, 0.29) is 5.91 Å². The Morgan fingerprint density at radius 1 is 1.19 bits per heavy atom. The summed E-state index contributed by atoms with van der Waals surface area (Å²) in [5.74, 6) is -0.0467. The van der Waals surface area contributed by atoms with E-state index in [1.807, 2.05) is 49.4 Å². The van der Waals surface area contributed by atoms with Gasteiger partial charge in [0, 0.05) is 36.1 Å². The van der Waals surface area contributed by atoms with E-state index < -0.39 is 0 Å². The Kier molecular flexibility index (Phi) is 5.22. The van der Waals surface area contributed by atoms with Gasteiger partial charge in [0.1, 0.15) is 5.03 Å². The number of nitrogens with one attached hydrogen (secondary N) is 1. The van der Waals surface area contributed by atoms with Crippen molar-refractivity contribution in [1.29, 1.82) is 0 Å². The van der Waals surface area contributed by atoms with Crippen LogP contribution in [0.1, 0.15) is 11.3 Å². The summed E-state index contributed by atoms with van der Waals surface area (Å²) in [7, 11) is 0. The van der Waals surface area contributed by atoms with Crippen LogP contribution in [-0.2, 0) is 9.53 Å². The van der Waals surface area contributed by atoms with Crippen molar-refractivity contribution >= 4 is 34.2 Å². The molecule has 27 heavy (non-hydrogen) atoms. The molecule has 6 nitrogen and oxygen atoms in total. The second-order valence-electron chi connectivity index (χ2n) is 6.28. The molecule has 1 aromatic carbocycles. The molecule has 2 aliphatic rings. The van der Waals surface area contributed by atoms with Crippen molar-refractivity contribution in [1.82, 2.24) is 9.88 Å². The van der Waals surface area contributed by atoms with Gasteiger partial charge >= 0.3 is 0 Å². The van der Waals surface area contributed by atoms with E-state index >= 15 is 0 Å². The molecule has 0 unspecified atom stereocenters. The summed E-state index contributed by atoms with van der Waals surface area (Å²) in [5, 5.41) is 4.86. The molecule has 4 rings (SSSR count). The van der Waals surface area contributed by atoms with Crippen molar-refractivity contribution in [2.45, 2.75) is 11.9 Å². The number of ether oxygens (including phenoxy) is 1. The molecule has 1 fully saturated rings. The first kappa shape index (κ1) is 17.8. The van der Waals surface area contributed by atoms with Crippen LogP contribution in [0.4, 0.5) is 5.69 Å². The highest BCUT2D eigenvalue weighted by Crippen LogP contribution is 2.34. The summed E-state index contributed by atoms with van der Waals surface area (Å²) in [5.41, 5.74) is 3.39. The first-order valence-electron chi connectivity index (χ1n) is 8.84. The molecular weight excluding hydrogens is 360 g/mol. The van der Waals surface area contributed by atoms with Gasteiger partial charge in [-0.15, -0.1) is 0 Å². The smallest absolute Gasteiger partial charge is 0.248 e. The van der Waals surface area contributed by atoms with Gasteiger partial charge in [0.2, 0.25) is 5.91 Å². The van der Waals surface area contributed by atoms with Gasteiger partial charge < -0.3 is 15.0 Å². The van der Waals surface area contributed by atoms with Crippen molar-refractivity contribution < 1.29 is 9.53 Å². The van der Waals surface area contributed by atoms with Crippen molar-refractivity contribution in [3.8, 4) is 0 Å². The highest BCUT2D eigenvalue weighted by atomic mass is 32.2. The lowest BCUT2D eigenvalue weighted by Gasteiger charge is -2.26. The number of amidine groups is 1. The van der Waals surface area contributed by atoms with Gasteiger partial charge in [-0.1, -0.05) is 18.2 Å². The maximum atomic E-state index is 12.7. The number of aryl methyl sites for hydroxylation is 1. The third-order valence-electron chi connectivity index (χ3n) is 4.30. The number of hydrogen-bond acceptors (Lipinski definition) is 6. The third-order valence-corrected chi connectivity index (χ3v) is 5.19. The molecular formula is C20H20N4O2S. The predicted octanol–water partition coefficient (Wildman–Crippen LogP) is 3.16. The van der Waals surface area contributed by atoms with Gasteiger partial charge in [0.05, 0.1) is 18.9 Å². The number of thioether (sulfide) groups is 1. The van der Waals surface area contributed by atoms with Crippen molar-refractivity contribution in [2.75, 3.05) is 31.6 Å². The molecule has 2 aromatic rings. The molecule has 1 aromatic heterocycles. The van der Waals surface area contributed by atoms with Gasteiger partial charge in [-0.25, -0.2) is 9.98 Å². The highest BCUT2D eigenvalue weighted by molar-refractivity contribution is 8.14. The Morgan fingerprint density at radius 2 is 1.96 bits per heavy atom. The van der Waals surface area contributed by atoms with Crippen LogP contribution in [0.3, 0.4) is 0 Å². The number of pyridine rings is 1. The van der Waals surface area contributed by atoms with Crippen LogP contribution >= 0.6 is 11.8 Å². The Hall–Kier alpha value is -2.64. The van der Waals surface area contributed by atoms with E-state index in [1.165, 1.54) is 11.8 Å². The van der Waals surface area contributed by atoms with E-state index in [9.17, 15) is 4.79 Å². The summed E-state index contributed by atoms with van der Waals surface area (Å²) in [4.78, 5) is 23.8. The van der Waals surface area contributed by atoms with Crippen LogP contribution in [0.25, 0.3) is 5.70 Å². The van der Waals surface area contributed by atoms with Crippen LogP contribution in [0, 0.1) is 6.92 Å². The van der Waals surface area contributed by atoms with E-state index in [0.717, 1.165) is 22.0 Å². The predicted molar refractivity (Wildman–Crippen MR) is 108 cm³/mol. The number of aliphatic imine (C=N–C) groups is 1. The summed E-state index contributed by atoms with van der Waals surface area (Å²) in [6, 6.07) is 13.8. The quantitative estimate of drug-likeness (QED) is 0.811. The first-order chi connectivity index (χ1) is 13.2. The monoisotopic (exact) mass is 380 g/mol. The van der Waals surface area contributed by atoms with Gasteiger partial charge in [-0.2, -0.15) is 0 Å². The van der Waals surface area contributed by atoms with Gasteiger partial charge in [-0.3, -0.25) is 4.79 Å². The maximum Gasteiger partial charge on any atom is 0.248 e. The van der Waals surface area contributed by atoms with Crippen LogP contribution in [-0.4, -0.2) is 47.3 Å². The lowest BCUT2D eigenvalue weighted by atomic mass is 10.2. The highest BCUT2D eigenvalue weighted by Gasteiger charge is 2.22. The Labute approximate surface area is 162 Å². The minimum Gasteiger partial charge on any atom is -0.378 e. The number of anilines is 1. The van der Waals surface area contributed by atoms with Gasteiger partial charge in [-0.05, 0) is 43.0 Å². The Balaban J connectivity index is 1.66. The van der Waals surface area contributed by atoms with E-state index in [0.29, 0.717) is 37.2 Å². The number of aromatic nitrogens is 1. The molecule has 1 amide bonds. The molecule has 0 radical (unpaired) electrons. The normalized spacial score (nSPS) is 18.0. The van der Waals surface area contributed by atoms with Crippen LogP contribution < -0.4 is 5.32 Å². The second-order valence-corrected chi connectivity index (χ2v) is 7.26. The van der Waals surface area contributed by atoms with Crippen LogP contribution in [0.5, 0.6) is 0 Å². The molecule has 2 aliphatic heterocycles. The van der Waals surface area contributed by atoms with Gasteiger partial charge in [0.25, 0.3) is 0 Å². The molecule has 138 valence electrons. The molecule has 0 bridgehead atoms. The Morgan fingerprint density at radius 3 is 2.74 bits per heavy atom. The molecule has 1 N–H and O–H groups in total. The SMILES string of the molecule is Cc1ccc2c(n1)SC(Nc1ccccc1)=N/C2=C\C(=O)N1CCOCC1. The maximum absolute atomic E-state index is 12.7. The van der Waals surface area contributed by atoms with E-state index in [4.69, 9.17) is 9.73 Å². The molecule has 0 atom stereocenters. The fraction of sp³-hybridized carbons (Fsp3) is 0.250. The molecule has 0 spiro atoms. The lowest BCUT2D eigenvalue weighted by molar-refractivity contribution is -0.129. The standard InChI is InChI=1S/C20H20N4O2S/c1-14-7-8-16-17(13-18(25)24-9-11-26-12-10-24)23-20(27-19(16)21-14)22-15-5-3-2-4-6-15/h2-8,13H,9-12H2,1H3,(H,22,23)/b17-13-. The Bertz CT molecular complexity index is 905. The molecule has 3 heterocycles. The number of para-hydroxylation sites is 1. The number of hydrogen-bond donors (Lipinski definition) is 1. The van der Waals surface area contributed by atoms with E-state index in [1.54, 1.807) is 11.0 Å². The third kappa shape index (κ3) is 4.20.